The normalized spacial score (nSPS) is 14.7. The predicted molar refractivity (Wildman–Crippen MR) is 87.4 cm³/mol. The lowest BCUT2D eigenvalue weighted by Gasteiger charge is -2.02. The Hall–Kier alpha value is -1.78. The summed E-state index contributed by atoms with van der Waals surface area (Å²) in [6.07, 6.45) is 4.50. The third-order valence-corrected chi connectivity index (χ3v) is 5.06. The summed E-state index contributed by atoms with van der Waals surface area (Å²) in [6.45, 7) is 3.02. The van der Waals surface area contributed by atoms with E-state index in [2.05, 4.69) is 47.6 Å². The van der Waals surface area contributed by atoms with Crippen molar-refractivity contribution < 1.29 is 0 Å². The van der Waals surface area contributed by atoms with E-state index in [1.54, 1.807) is 11.3 Å². The summed E-state index contributed by atoms with van der Waals surface area (Å²) in [4.78, 5) is 10.6. The van der Waals surface area contributed by atoms with E-state index in [0.29, 0.717) is 0 Å². The minimum absolute atomic E-state index is 0.727. The molecule has 1 saturated carbocycles. The molecule has 0 saturated heterocycles. The van der Waals surface area contributed by atoms with Crippen LogP contribution in [0.5, 0.6) is 0 Å². The monoisotopic (exact) mass is 295 g/mol. The van der Waals surface area contributed by atoms with Gasteiger partial charge in [0.15, 0.2) is 0 Å². The molecular weight excluding hydrogens is 278 g/mol. The summed E-state index contributed by atoms with van der Waals surface area (Å²) in [5.41, 5.74) is 2.12. The van der Waals surface area contributed by atoms with Crippen molar-refractivity contribution in [3.63, 3.8) is 0 Å². The largest absolute Gasteiger partial charge is 0.309 e. The maximum absolute atomic E-state index is 4.75. The Balaban J connectivity index is 1.72. The zero-order chi connectivity index (χ0) is 14.2. The van der Waals surface area contributed by atoms with E-state index >= 15 is 0 Å². The van der Waals surface area contributed by atoms with Crippen molar-refractivity contribution in [3.8, 4) is 10.7 Å². The Morgan fingerprint density at radius 2 is 2.10 bits per heavy atom. The minimum atomic E-state index is 0.727. The smallest absolute Gasteiger partial charge is 0.143 e. The molecule has 0 spiro atoms. The summed E-state index contributed by atoms with van der Waals surface area (Å²) in [6, 6.07) is 11.1. The van der Waals surface area contributed by atoms with E-state index in [-0.39, 0.29) is 0 Å². The van der Waals surface area contributed by atoms with Crippen LogP contribution in [0.4, 0.5) is 0 Å². The molecule has 1 fully saturated rings. The summed E-state index contributed by atoms with van der Waals surface area (Å²) in [7, 11) is 0. The van der Waals surface area contributed by atoms with Crippen LogP contribution in [-0.4, -0.2) is 16.0 Å². The molecule has 1 aliphatic carbocycles. The van der Waals surface area contributed by atoms with Gasteiger partial charge in [-0.15, -0.1) is 11.3 Å². The molecule has 4 rings (SSSR count). The van der Waals surface area contributed by atoms with E-state index in [1.165, 1.54) is 28.5 Å². The number of aryl methyl sites for hydroxylation is 1. The zero-order valence-corrected chi connectivity index (χ0v) is 12.8. The lowest BCUT2D eigenvalue weighted by atomic mass is 10.1. The van der Waals surface area contributed by atoms with Gasteiger partial charge in [-0.3, -0.25) is 4.98 Å². The average Bonchev–Trinajstić information content (AvgIpc) is 3.27. The van der Waals surface area contributed by atoms with Crippen LogP contribution in [0.15, 0.2) is 36.5 Å². The Bertz CT molecular complexity index is 784. The van der Waals surface area contributed by atoms with E-state index in [0.717, 1.165) is 29.0 Å². The van der Waals surface area contributed by atoms with E-state index in [1.807, 2.05) is 6.20 Å². The molecule has 0 unspecified atom stereocenters. The molecule has 2 aromatic heterocycles. The molecule has 1 aliphatic rings. The second kappa shape index (κ2) is 5.20. The van der Waals surface area contributed by atoms with Crippen LogP contribution in [0.3, 0.4) is 0 Å². The molecule has 0 amide bonds. The molecule has 0 aliphatic heterocycles. The second-order valence-electron chi connectivity index (χ2n) is 5.56. The number of aromatic nitrogens is 2. The molecule has 3 nitrogen and oxygen atoms in total. The van der Waals surface area contributed by atoms with Crippen molar-refractivity contribution in [3.05, 3.63) is 47.1 Å². The maximum atomic E-state index is 4.75. The van der Waals surface area contributed by atoms with Gasteiger partial charge in [0.1, 0.15) is 10.7 Å². The minimum Gasteiger partial charge on any atom is -0.309 e. The highest BCUT2D eigenvalue weighted by molar-refractivity contribution is 7.15. The van der Waals surface area contributed by atoms with Gasteiger partial charge < -0.3 is 5.32 Å². The molecular formula is C17H17N3S. The third-order valence-electron chi connectivity index (χ3n) is 3.90. The van der Waals surface area contributed by atoms with Gasteiger partial charge in [-0.2, -0.15) is 0 Å². The van der Waals surface area contributed by atoms with Gasteiger partial charge in [-0.1, -0.05) is 24.3 Å². The SMILES string of the molecule is Cc1nc(-c2nccc3ccccc23)sc1CNC1CC1. The second-order valence-corrected chi connectivity index (χ2v) is 6.65. The number of fused-ring (bicyclic) bond motifs is 1. The molecule has 2 heterocycles. The molecule has 0 radical (unpaired) electrons. The number of rotatable bonds is 4. The number of nitrogens with zero attached hydrogens (tertiary/aromatic N) is 2. The summed E-state index contributed by atoms with van der Waals surface area (Å²) < 4.78 is 0. The Morgan fingerprint density at radius 3 is 2.95 bits per heavy atom. The van der Waals surface area contributed by atoms with Crippen molar-refractivity contribution in [2.75, 3.05) is 0 Å². The van der Waals surface area contributed by atoms with Crippen LogP contribution in [0.2, 0.25) is 0 Å². The first-order chi connectivity index (χ1) is 10.3. The van der Waals surface area contributed by atoms with Crippen molar-refractivity contribution in [2.24, 2.45) is 0 Å². The van der Waals surface area contributed by atoms with Crippen molar-refractivity contribution in [2.45, 2.75) is 32.4 Å². The first-order valence-electron chi connectivity index (χ1n) is 7.35. The number of hydrogen-bond acceptors (Lipinski definition) is 4. The van der Waals surface area contributed by atoms with Crippen LogP contribution in [0, 0.1) is 6.92 Å². The highest BCUT2D eigenvalue weighted by atomic mass is 32.1. The van der Waals surface area contributed by atoms with Gasteiger partial charge in [0.05, 0.1) is 5.69 Å². The van der Waals surface area contributed by atoms with Gasteiger partial charge in [-0.05, 0) is 31.2 Å². The Morgan fingerprint density at radius 1 is 1.24 bits per heavy atom. The molecule has 21 heavy (non-hydrogen) atoms. The Kier molecular flexibility index (Phi) is 3.20. The third kappa shape index (κ3) is 2.57. The summed E-state index contributed by atoms with van der Waals surface area (Å²) >= 11 is 1.76. The number of thiazole rings is 1. The molecule has 1 aromatic carbocycles. The fourth-order valence-corrected chi connectivity index (χ4v) is 3.53. The van der Waals surface area contributed by atoms with Gasteiger partial charge in [0, 0.05) is 29.0 Å². The number of benzene rings is 1. The topological polar surface area (TPSA) is 37.8 Å². The standard InChI is InChI=1S/C17H17N3S/c1-11-15(10-19-13-6-7-13)21-17(20-11)16-14-5-3-2-4-12(14)8-9-18-16/h2-5,8-9,13,19H,6-7,10H2,1H3. The van der Waals surface area contributed by atoms with Crippen LogP contribution in [0.25, 0.3) is 21.5 Å². The molecule has 106 valence electrons. The molecule has 0 bridgehead atoms. The van der Waals surface area contributed by atoms with Gasteiger partial charge in [0.2, 0.25) is 0 Å². The number of hydrogen-bond donors (Lipinski definition) is 1. The lowest BCUT2D eigenvalue weighted by Crippen LogP contribution is -2.14. The highest BCUT2D eigenvalue weighted by Gasteiger charge is 2.21. The molecule has 4 heteroatoms. The lowest BCUT2D eigenvalue weighted by molar-refractivity contribution is 0.691. The molecule has 3 aromatic rings. The van der Waals surface area contributed by atoms with E-state index in [9.17, 15) is 0 Å². The highest BCUT2D eigenvalue weighted by Crippen LogP contribution is 2.32. The first-order valence-corrected chi connectivity index (χ1v) is 8.17. The molecule has 0 atom stereocenters. The van der Waals surface area contributed by atoms with Crippen molar-refractivity contribution in [1.29, 1.82) is 0 Å². The maximum Gasteiger partial charge on any atom is 0.143 e. The van der Waals surface area contributed by atoms with Crippen molar-refractivity contribution in [1.82, 2.24) is 15.3 Å². The quantitative estimate of drug-likeness (QED) is 0.793. The summed E-state index contributed by atoms with van der Waals surface area (Å²) in [5.74, 6) is 0. The van der Waals surface area contributed by atoms with Gasteiger partial charge in [-0.25, -0.2) is 4.98 Å². The van der Waals surface area contributed by atoms with E-state index < -0.39 is 0 Å². The average molecular weight is 295 g/mol. The van der Waals surface area contributed by atoms with Crippen LogP contribution in [0.1, 0.15) is 23.4 Å². The molecule has 1 N–H and O–H groups in total. The summed E-state index contributed by atoms with van der Waals surface area (Å²) in [5, 5.41) is 6.98. The number of nitrogens with one attached hydrogen (secondary N) is 1. The Labute approximate surface area is 128 Å². The van der Waals surface area contributed by atoms with Gasteiger partial charge >= 0.3 is 0 Å². The fourth-order valence-electron chi connectivity index (χ4n) is 2.51. The van der Waals surface area contributed by atoms with Crippen molar-refractivity contribution >= 4 is 22.1 Å². The van der Waals surface area contributed by atoms with Gasteiger partial charge in [0.25, 0.3) is 0 Å². The predicted octanol–water partition coefficient (Wildman–Crippen LogP) is 3.92. The first kappa shape index (κ1) is 12.9. The van der Waals surface area contributed by atoms with Crippen LogP contribution < -0.4 is 5.32 Å². The van der Waals surface area contributed by atoms with Crippen LogP contribution >= 0.6 is 11.3 Å². The fraction of sp³-hybridized carbons (Fsp3) is 0.294. The van der Waals surface area contributed by atoms with Crippen LogP contribution in [-0.2, 0) is 6.54 Å². The zero-order valence-electron chi connectivity index (χ0n) is 12.0. The van der Waals surface area contributed by atoms with E-state index in [4.69, 9.17) is 4.98 Å². The number of pyridine rings is 1.